The van der Waals surface area contributed by atoms with Crippen LogP contribution in [-0.4, -0.2) is 5.91 Å². The summed E-state index contributed by atoms with van der Waals surface area (Å²) >= 11 is 2.30. The third-order valence-corrected chi connectivity index (χ3v) is 5.19. The number of hydrogen-bond acceptors (Lipinski definition) is 1. The number of carbonyl (C=O) groups is 1. The van der Waals surface area contributed by atoms with Gasteiger partial charge >= 0.3 is 0 Å². The minimum absolute atomic E-state index is 0.242. The number of nitrogens with one attached hydrogen (secondary N) is 1. The van der Waals surface area contributed by atoms with E-state index in [1.807, 2.05) is 12.1 Å². The number of fused-ring (bicyclic) bond motifs is 2. The standard InChI is InChI=1S/C15H18INO/c1-9-6-12(16)4-5-14(9)17-15(18)13-8-10-2-3-11(13)7-10/h4-6,10-11,13H,2-3,7-8H2,1H3,(H,17,18)/t10-,11-,13+/m1/s1. The SMILES string of the molecule is Cc1cc(I)ccc1NC(=O)[C@H]1C[C@@H]2CC[C@@H]1C2. The Kier molecular flexibility index (Phi) is 3.34. The van der Waals surface area contributed by atoms with Crippen LogP contribution in [0.25, 0.3) is 0 Å². The molecule has 3 heteroatoms. The molecule has 3 atom stereocenters. The Bertz CT molecular complexity index is 485. The molecule has 0 radical (unpaired) electrons. The van der Waals surface area contributed by atoms with Crippen molar-refractivity contribution in [2.24, 2.45) is 17.8 Å². The first kappa shape index (κ1) is 12.5. The average molecular weight is 355 g/mol. The van der Waals surface area contributed by atoms with Gasteiger partial charge in [0.05, 0.1) is 0 Å². The summed E-state index contributed by atoms with van der Waals surface area (Å²) in [5.41, 5.74) is 2.13. The summed E-state index contributed by atoms with van der Waals surface area (Å²) in [6.45, 7) is 2.05. The smallest absolute Gasteiger partial charge is 0.227 e. The zero-order chi connectivity index (χ0) is 12.7. The van der Waals surface area contributed by atoms with Crippen molar-refractivity contribution < 1.29 is 4.79 Å². The van der Waals surface area contributed by atoms with Gasteiger partial charge in [0.25, 0.3) is 0 Å². The maximum Gasteiger partial charge on any atom is 0.227 e. The van der Waals surface area contributed by atoms with Crippen molar-refractivity contribution in [2.75, 3.05) is 5.32 Å². The Morgan fingerprint density at radius 1 is 1.33 bits per heavy atom. The van der Waals surface area contributed by atoms with Crippen molar-refractivity contribution in [3.63, 3.8) is 0 Å². The first-order valence-corrected chi connectivity index (χ1v) is 7.78. The first-order chi connectivity index (χ1) is 8.63. The van der Waals surface area contributed by atoms with E-state index >= 15 is 0 Å². The molecule has 0 aromatic heterocycles. The van der Waals surface area contributed by atoms with Crippen molar-refractivity contribution in [1.29, 1.82) is 0 Å². The van der Waals surface area contributed by atoms with E-state index < -0.39 is 0 Å². The van der Waals surface area contributed by atoms with E-state index in [2.05, 4.69) is 40.9 Å². The molecule has 1 aromatic rings. The number of anilines is 1. The minimum Gasteiger partial charge on any atom is -0.326 e. The lowest BCUT2D eigenvalue weighted by Gasteiger charge is -2.21. The van der Waals surface area contributed by atoms with Crippen molar-refractivity contribution in [2.45, 2.75) is 32.6 Å². The van der Waals surface area contributed by atoms with Crippen molar-refractivity contribution in [3.05, 3.63) is 27.3 Å². The van der Waals surface area contributed by atoms with Crippen LogP contribution in [0.2, 0.25) is 0 Å². The molecule has 2 bridgehead atoms. The number of amides is 1. The van der Waals surface area contributed by atoms with Crippen LogP contribution in [-0.2, 0) is 4.79 Å². The van der Waals surface area contributed by atoms with Crippen LogP contribution in [0.5, 0.6) is 0 Å². The zero-order valence-corrected chi connectivity index (χ0v) is 12.7. The molecule has 1 N–H and O–H groups in total. The summed E-state index contributed by atoms with van der Waals surface area (Å²) in [6.07, 6.45) is 5.00. The Labute approximate surface area is 122 Å². The molecular weight excluding hydrogens is 337 g/mol. The van der Waals surface area contributed by atoms with E-state index in [1.165, 1.54) is 22.8 Å². The normalized spacial score (nSPS) is 29.6. The highest BCUT2D eigenvalue weighted by Gasteiger charge is 2.43. The fraction of sp³-hybridized carbons (Fsp3) is 0.533. The van der Waals surface area contributed by atoms with Crippen LogP contribution < -0.4 is 5.32 Å². The third-order valence-electron chi connectivity index (χ3n) is 4.52. The summed E-state index contributed by atoms with van der Waals surface area (Å²) in [4.78, 5) is 12.3. The van der Waals surface area contributed by atoms with Gasteiger partial charge in [0.2, 0.25) is 5.91 Å². The van der Waals surface area contributed by atoms with Crippen LogP contribution in [0.3, 0.4) is 0 Å². The molecule has 3 rings (SSSR count). The lowest BCUT2D eigenvalue weighted by atomic mass is 9.88. The molecule has 1 amide bonds. The van der Waals surface area contributed by atoms with Crippen molar-refractivity contribution >= 4 is 34.2 Å². The predicted molar refractivity (Wildman–Crippen MR) is 81.5 cm³/mol. The van der Waals surface area contributed by atoms with Crippen LogP contribution >= 0.6 is 22.6 Å². The van der Waals surface area contributed by atoms with Gasteiger partial charge in [0.15, 0.2) is 0 Å². The highest BCUT2D eigenvalue weighted by Crippen LogP contribution is 2.48. The molecule has 0 saturated heterocycles. The van der Waals surface area contributed by atoms with E-state index in [0.717, 1.165) is 23.6 Å². The number of hydrogen-bond donors (Lipinski definition) is 1. The Balaban J connectivity index is 1.71. The molecule has 2 aliphatic carbocycles. The van der Waals surface area contributed by atoms with Gasteiger partial charge in [-0.1, -0.05) is 6.42 Å². The van der Waals surface area contributed by atoms with Gasteiger partial charge in [-0.25, -0.2) is 0 Å². The zero-order valence-electron chi connectivity index (χ0n) is 10.6. The van der Waals surface area contributed by atoms with Crippen molar-refractivity contribution in [1.82, 2.24) is 0 Å². The number of rotatable bonds is 2. The minimum atomic E-state index is 0.242. The monoisotopic (exact) mass is 355 g/mol. The molecular formula is C15H18INO. The maximum absolute atomic E-state index is 12.3. The predicted octanol–water partition coefficient (Wildman–Crippen LogP) is 3.97. The van der Waals surface area contributed by atoms with Gasteiger partial charge in [-0.3, -0.25) is 4.79 Å². The van der Waals surface area contributed by atoms with Gasteiger partial charge < -0.3 is 5.32 Å². The molecule has 2 nitrogen and oxygen atoms in total. The molecule has 0 spiro atoms. The number of carbonyl (C=O) groups excluding carboxylic acids is 1. The number of aryl methyl sites for hydroxylation is 1. The Morgan fingerprint density at radius 3 is 2.78 bits per heavy atom. The maximum atomic E-state index is 12.3. The van der Waals surface area contributed by atoms with E-state index in [9.17, 15) is 4.79 Å². The molecule has 2 aliphatic rings. The van der Waals surface area contributed by atoms with E-state index in [1.54, 1.807) is 0 Å². The van der Waals surface area contributed by atoms with Gasteiger partial charge in [-0.15, -0.1) is 0 Å². The summed E-state index contributed by atoms with van der Waals surface area (Å²) in [6, 6.07) is 6.17. The van der Waals surface area contributed by atoms with Gasteiger partial charge in [-0.2, -0.15) is 0 Å². The second-order valence-corrected chi connectivity index (χ2v) is 6.98. The van der Waals surface area contributed by atoms with Crippen LogP contribution in [0.15, 0.2) is 18.2 Å². The topological polar surface area (TPSA) is 29.1 Å². The van der Waals surface area contributed by atoms with E-state index in [4.69, 9.17) is 0 Å². The second kappa shape index (κ2) is 4.83. The fourth-order valence-corrected chi connectivity index (χ4v) is 4.21. The quantitative estimate of drug-likeness (QED) is 0.799. The van der Waals surface area contributed by atoms with Crippen LogP contribution in [0.1, 0.15) is 31.2 Å². The fourth-order valence-electron chi connectivity index (χ4n) is 3.56. The summed E-state index contributed by atoms with van der Waals surface area (Å²) in [5.74, 6) is 1.98. The lowest BCUT2D eigenvalue weighted by Crippen LogP contribution is -2.27. The molecule has 2 fully saturated rings. The summed E-state index contributed by atoms with van der Waals surface area (Å²) < 4.78 is 1.21. The van der Waals surface area contributed by atoms with Crippen LogP contribution in [0, 0.1) is 28.2 Å². The number of halogens is 1. The molecule has 0 aliphatic heterocycles. The van der Waals surface area contributed by atoms with E-state index in [-0.39, 0.29) is 11.8 Å². The number of benzene rings is 1. The van der Waals surface area contributed by atoms with E-state index in [0.29, 0.717) is 5.92 Å². The molecule has 0 heterocycles. The molecule has 0 unspecified atom stereocenters. The largest absolute Gasteiger partial charge is 0.326 e. The highest BCUT2D eigenvalue weighted by molar-refractivity contribution is 14.1. The first-order valence-electron chi connectivity index (χ1n) is 6.70. The van der Waals surface area contributed by atoms with Gasteiger partial charge in [0.1, 0.15) is 0 Å². The summed E-state index contributed by atoms with van der Waals surface area (Å²) in [7, 11) is 0. The van der Waals surface area contributed by atoms with Gasteiger partial charge in [-0.05, 0) is 84.4 Å². The Hall–Kier alpha value is -0.580. The molecule has 18 heavy (non-hydrogen) atoms. The lowest BCUT2D eigenvalue weighted by molar-refractivity contribution is -0.121. The third kappa shape index (κ3) is 2.29. The Morgan fingerprint density at radius 2 is 2.17 bits per heavy atom. The molecule has 2 saturated carbocycles. The molecule has 1 aromatic carbocycles. The second-order valence-electron chi connectivity index (χ2n) is 5.73. The highest BCUT2D eigenvalue weighted by atomic mass is 127. The van der Waals surface area contributed by atoms with Crippen molar-refractivity contribution in [3.8, 4) is 0 Å². The summed E-state index contributed by atoms with van der Waals surface area (Å²) in [5, 5.41) is 3.12. The molecule has 96 valence electrons. The van der Waals surface area contributed by atoms with Crippen LogP contribution in [0.4, 0.5) is 5.69 Å². The average Bonchev–Trinajstić information content (AvgIpc) is 2.94. The van der Waals surface area contributed by atoms with Gasteiger partial charge in [0, 0.05) is 15.2 Å².